The zero-order valence-corrected chi connectivity index (χ0v) is 16.6. The van der Waals surface area contributed by atoms with Crippen LogP contribution in [0.4, 0.5) is 10.5 Å². The SMILES string of the molecule is O=C(OCc1ccccc1)N1C(=O)[C@@H]2CCCN2C(=O)c2cc(I)ccc21. The van der Waals surface area contributed by atoms with E-state index in [9.17, 15) is 14.4 Å². The van der Waals surface area contributed by atoms with Crippen molar-refractivity contribution in [3.05, 3.63) is 63.2 Å². The third kappa shape index (κ3) is 3.31. The Morgan fingerprint density at radius 2 is 1.93 bits per heavy atom. The van der Waals surface area contributed by atoms with Crippen LogP contribution in [-0.2, 0) is 16.1 Å². The zero-order valence-electron chi connectivity index (χ0n) is 14.4. The topological polar surface area (TPSA) is 66.9 Å². The second-order valence-electron chi connectivity index (χ2n) is 6.53. The number of carbonyl (C=O) groups is 3. The normalized spacial score (nSPS) is 18.8. The summed E-state index contributed by atoms with van der Waals surface area (Å²) in [5.41, 5.74) is 1.48. The summed E-state index contributed by atoms with van der Waals surface area (Å²) in [7, 11) is 0. The fourth-order valence-corrected chi connectivity index (χ4v) is 4.03. The minimum atomic E-state index is -0.757. The van der Waals surface area contributed by atoms with Crippen LogP contribution in [0.15, 0.2) is 48.5 Å². The summed E-state index contributed by atoms with van der Waals surface area (Å²) in [6.45, 7) is 0.582. The second kappa shape index (κ2) is 7.30. The summed E-state index contributed by atoms with van der Waals surface area (Å²) in [6.07, 6.45) is 0.541. The van der Waals surface area contributed by atoms with Gasteiger partial charge in [0.05, 0.1) is 11.3 Å². The van der Waals surface area contributed by atoms with Crippen LogP contribution < -0.4 is 4.90 Å². The smallest absolute Gasteiger partial charge is 0.421 e. The summed E-state index contributed by atoms with van der Waals surface area (Å²) >= 11 is 2.11. The van der Waals surface area contributed by atoms with Crippen molar-refractivity contribution in [1.29, 1.82) is 0 Å². The molecule has 7 heteroatoms. The Balaban J connectivity index is 1.69. The highest BCUT2D eigenvalue weighted by molar-refractivity contribution is 14.1. The molecule has 3 amide bonds. The van der Waals surface area contributed by atoms with E-state index in [1.54, 1.807) is 23.1 Å². The molecule has 0 N–H and O–H groups in total. The van der Waals surface area contributed by atoms with E-state index in [4.69, 9.17) is 4.74 Å². The van der Waals surface area contributed by atoms with Crippen molar-refractivity contribution in [2.45, 2.75) is 25.5 Å². The first-order chi connectivity index (χ1) is 13.1. The summed E-state index contributed by atoms with van der Waals surface area (Å²) in [4.78, 5) is 41.5. The van der Waals surface area contributed by atoms with Crippen molar-refractivity contribution in [3.8, 4) is 0 Å². The lowest BCUT2D eigenvalue weighted by Gasteiger charge is -2.24. The average Bonchev–Trinajstić information content (AvgIpc) is 3.15. The van der Waals surface area contributed by atoms with Gasteiger partial charge in [0.1, 0.15) is 12.6 Å². The van der Waals surface area contributed by atoms with E-state index < -0.39 is 18.0 Å². The number of ether oxygens (including phenoxy) is 1. The Labute approximate surface area is 170 Å². The molecular weight excluding hydrogens is 459 g/mol. The minimum absolute atomic E-state index is 0.0610. The van der Waals surface area contributed by atoms with Gasteiger partial charge in [-0.2, -0.15) is 0 Å². The fraction of sp³-hybridized carbons (Fsp3) is 0.250. The van der Waals surface area contributed by atoms with Crippen LogP contribution in [0.5, 0.6) is 0 Å². The highest BCUT2D eigenvalue weighted by atomic mass is 127. The molecule has 4 rings (SSSR count). The van der Waals surface area contributed by atoms with Gasteiger partial charge in [-0.1, -0.05) is 30.3 Å². The first-order valence-corrected chi connectivity index (χ1v) is 9.79. The van der Waals surface area contributed by atoms with Crippen LogP contribution in [0.2, 0.25) is 0 Å². The van der Waals surface area contributed by atoms with Crippen molar-refractivity contribution in [2.24, 2.45) is 0 Å². The Bertz CT molecular complexity index is 915. The molecule has 1 saturated heterocycles. The van der Waals surface area contributed by atoms with Gasteiger partial charge < -0.3 is 9.64 Å². The quantitative estimate of drug-likeness (QED) is 0.622. The van der Waals surface area contributed by atoms with E-state index in [2.05, 4.69) is 22.6 Å². The van der Waals surface area contributed by atoms with E-state index in [1.165, 1.54) is 0 Å². The number of hydrogen-bond acceptors (Lipinski definition) is 4. The molecule has 1 fully saturated rings. The van der Waals surface area contributed by atoms with Gasteiger partial charge in [-0.05, 0) is 59.2 Å². The Morgan fingerprint density at radius 3 is 2.70 bits per heavy atom. The molecule has 2 aromatic rings. The van der Waals surface area contributed by atoms with Crippen LogP contribution in [0.25, 0.3) is 0 Å². The number of rotatable bonds is 2. The number of fused-ring (bicyclic) bond motifs is 2. The number of halogens is 1. The number of hydrogen-bond donors (Lipinski definition) is 0. The Morgan fingerprint density at radius 1 is 1.15 bits per heavy atom. The lowest BCUT2D eigenvalue weighted by molar-refractivity contribution is -0.121. The summed E-state index contributed by atoms with van der Waals surface area (Å²) in [5, 5.41) is 0. The van der Waals surface area contributed by atoms with Crippen LogP contribution >= 0.6 is 22.6 Å². The predicted molar refractivity (Wildman–Crippen MR) is 107 cm³/mol. The van der Waals surface area contributed by atoms with Gasteiger partial charge in [0, 0.05) is 10.1 Å². The number of carbonyl (C=O) groups excluding carboxylic acids is 3. The maximum Gasteiger partial charge on any atom is 0.421 e. The first kappa shape index (κ1) is 18.0. The van der Waals surface area contributed by atoms with Crippen molar-refractivity contribution >= 4 is 46.2 Å². The van der Waals surface area contributed by atoms with Gasteiger partial charge in [0.2, 0.25) is 0 Å². The molecule has 0 aromatic heterocycles. The van der Waals surface area contributed by atoms with E-state index >= 15 is 0 Å². The highest BCUT2D eigenvalue weighted by Crippen LogP contribution is 2.33. The van der Waals surface area contributed by atoms with Gasteiger partial charge in [-0.15, -0.1) is 0 Å². The van der Waals surface area contributed by atoms with E-state index in [0.717, 1.165) is 20.5 Å². The monoisotopic (exact) mass is 476 g/mol. The largest absolute Gasteiger partial charge is 0.444 e. The van der Waals surface area contributed by atoms with Gasteiger partial charge in [-0.25, -0.2) is 9.69 Å². The maximum atomic E-state index is 13.1. The fourth-order valence-electron chi connectivity index (χ4n) is 3.54. The van der Waals surface area contributed by atoms with Crippen LogP contribution in [0, 0.1) is 3.57 Å². The van der Waals surface area contributed by atoms with Crippen LogP contribution in [0.1, 0.15) is 28.8 Å². The Kier molecular flexibility index (Phi) is 4.86. The summed E-state index contributed by atoms with van der Waals surface area (Å²) in [5.74, 6) is -0.614. The third-order valence-corrected chi connectivity index (χ3v) is 5.51. The van der Waals surface area contributed by atoms with E-state index in [0.29, 0.717) is 18.5 Å². The molecule has 2 aliphatic rings. The zero-order chi connectivity index (χ0) is 19.0. The summed E-state index contributed by atoms with van der Waals surface area (Å²) in [6, 6.07) is 13.8. The summed E-state index contributed by atoms with van der Waals surface area (Å²) < 4.78 is 6.26. The molecule has 0 aliphatic carbocycles. The van der Waals surface area contributed by atoms with Crippen LogP contribution in [-0.4, -0.2) is 35.4 Å². The van der Waals surface area contributed by atoms with E-state index in [-0.39, 0.29) is 18.2 Å². The molecule has 1 atom stereocenters. The Hall–Kier alpha value is -2.42. The van der Waals surface area contributed by atoms with Gasteiger partial charge in [0.25, 0.3) is 11.8 Å². The van der Waals surface area contributed by atoms with E-state index in [1.807, 2.05) is 30.3 Å². The lowest BCUT2D eigenvalue weighted by atomic mass is 10.1. The average molecular weight is 476 g/mol. The number of benzene rings is 2. The molecule has 0 spiro atoms. The van der Waals surface area contributed by atoms with Crippen LogP contribution in [0.3, 0.4) is 0 Å². The molecule has 138 valence electrons. The molecule has 6 nitrogen and oxygen atoms in total. The molecule has 2 aromatic carbocycles. The van der Waals surface area contributed by atoms with Crippen molar-refractivity contribution in [2.75, 3.05) is 11.4 Å². The lowest BCUT2D eigenvalue weighted by Crippen LogP contribution is -2.47. The van der Waals surface area contributed by atoms with Gasteiger partial charge >= 0.3 is 6.09 Å². The molecule has 0 radical (unpaired) electrons. The minimum Gasteiger partial charge on any atom is -0.444 e. The maximum absolute atomic E-state index is 13.1. The molecule has 0 bridgehead atoms. The highest BCUT2D eigenvalue weighted by Gasteiger charge is 2.44. The molecular formula is C20H17IN2O4. The predicted octanol–water partition coefficient (Wildman–Crippen LogP) is 3.58. The second-order valence-corrected chi connectivity index (χ2v) is 7.78. The molecule has 0 unspecified atom stereocenters. The molecule has 2 aliphatic heterocycles. The first-order valence-electron chi connectivity index (χ1n) is 8.71. The number of nitrogens with zero attached hydrogens (tertiary/aromatic N) is 2. The van der Waals surface area contributed by atoms with Gasteiger partial charge in [-0.3, -0.25) is 9.59 Å². The molecule has 0 saturated carbocycles. The molecule has 2 heterocycles. The standard InChI is InChI=1S/C20H17IN2O4/c21-14-8-9-16-15(11-14)18(24)22-10-4-7-17(22)19(25)23(16)20(26)27-12-13-5-2-1-3-6-13/h1-3,5-6,8-9,11,17H,4,7,10,12H2/t17-/m0/s1. The van der Waals surface area contributed by atoms with Crippen molar-refractivity contribution < 1.29 is 19.1 Å². The van der Waals surface area contributed by atoms with Crippen molar-refractivity contribution in [1.82, 2.24) is 4.90 Å². The number of imide groups is 1. The number of anilines is 1. The van der Waals surface area contributed by atoms with Crippen molar-refractivity contribution in [3.63, 3.8) is 0 Å². The number of amides is 3. The molecule has 27 heavy (non-hydrogen) atoms. The van der Waals surface area contributed by atoms with Gasteiger partial charge in [0.15, 0.2) is 0 Å². The third-order valence-electron chi connectivity index (χ3n) is 4.84.